The van der Waals surface area contributed by atoms with E-state index in [4.69, 9.17) is 4.52 Å². The molecular weight excluding hydrogens is 320 g/mol. The topological polar surface area (TPSA) is 73.8 Å². The zero-order chi connectivity index (χ0) is 15.9. The maximum absolute atomic E-state index is 12.3. The molecule has 0 aliphatic rings. The Morgan fingerprint density at radius 1 is 1.32 bits per heavy atom. The van der Waals surface area contributed by atoms with Gasteiger partial charge in [-0.3, -0.25) is 9.36 Å². The highest BCUT2D eigenvalue weighted by Crippen LogP contribution is 2.33. The number of fused-ring (bicyclic) bond motifs is 1. The van der Waals surface area contributed by atoms with Gasteiger partial charge in [-0.2, -0.15) is 4.98 Å². The van der Waals surface area contributed by atoms with Crippen LogP contribution in [0.4, 0.5) is 0 Å². The highest BCUT2D eigenvalue weighted by atomic mass is 32.2. The molecule has 8 heteroatoms. The SMILES string of the molecule is CC(C)c1noc(C(C)Sc2nc3ccsc3c(=O)n2C)n1. The Labute approximate surface area is 135 Å². The van der Waals surface area contributed by atoms with Crippen LogP contribution in [0.1, 0.15) is 43.7 Å². The van der Waals surface area contributed by atoms with E-state index in [9.17, 15) is 4.79 Å². The summed E-state index contributed by atoms with van der Waals surface area (Å²) in [7, 11) is 1.73. The van der Waals surface area contributed by atoms with E-state index in [-0.39, 0.29) is 16.7 Å². The van der Waals surface area contributed by atoms with E-state index in [1.165, 1.54) is 23.1 Å². The van der Waals surface area contributed by atoms with E-state index in [1.54, 1.807) is 11.6 Å². The maximum atomic E-state index is 12.3. The van der Waals surface area contributed by atoms with Crippen molar-refractivity contribution in [1.29, 1.82) is 0 Å². The molecule has 0 aromatic carbocycles. The molecule has 0 bridgehead atoms. The van der Waals surface area contributed by atoms with Crippen LogP contribution in [0.25, 0.3) is 10.2 Å². The molecule has 0 spiro atoms. The minimum absolute atomic E-state index is 0.0249. The van der Waals surface area contributed by atoms with Crippen LogP contribution in [0.2, 0.25) is 0 Å². The van der Waals surface area contributed by atoms with Gasteiger partial charge in [0.2, 0.25) is 5.89 Å². The predicted molar refractivity (Wildman–Crippen MR) is 87.5 cm³/mol. The Morgan fingerprint density at radius 2 is 2.09 bits per heavy atom. The number of hydrogen-bond acceptors (Lipinski definition) is 7. The molecule has 0 saturated carbocycles. The fourth-order valence-corrected chi connectivity index (χ4v) is 3.64. The molecule has 1 atom stereocenters. The van der Waals surface area contributed by atoms with Crippen molar-refractivity contribution in [3.05, 3.63) is 33.5 Å². The molecule has 3 heterocycles. The normalized spacial score (nSPS) is 13.1. The quantitative estimate of drug-likeness (QED) is 0.537. The minimum Gasteiger partial charge on any atom is -0.338 e. The van der Waals surface area contributed by atoms with E-state index in [1.807, 2.05) is 32.2 Å². The average molecular weight is 336 g/mol. The van der Waals surface area contributed by atoms with Crippen molar-refractivity contribution in [1.82, 2.24) is 19.7 Å². The second-order valence-corrected chi connectivity index (χ2v) is 7.52. The Hall–Kier alpha value is -1.67. The summed E-state index contributed by atoms with van der Waals surface area (Å²) in [6.45, 7) is 6.00. The van der Waals surface area contributed by atoms with Crippen LogP contribution in [0, 0.1) is 0 Å². The van der Waals surface area contributed by atoms with Crippen LogP contribution in [0.3, 0.4) is 0 Å². The molecule has 3 aromatic heterocycles. The second-order valence-electron chi connectivity index (χ2n) is 5.30. The van der Waals surface area contributed by atoms with Crippen LogP contribution in [0.5, 0.6) is 0 Å². The fourth-order valence-electron chi connectivity index (χ4n) is 1.93. The summed E-state index contributed by atoms with van der Waals surface area (Å²) in [5, 5.41) is 6.42. The van der Waals surface area contributed by atoms with Crippen molar-refractivity contribution in [2.24, 2.45) is 7.05 Å². The van der Waals surface area contributed by atoms with Gasteiger partial charge in [0.15, 0.2) is 11.0 Å². The van der Waals surface area contributed by atoms with Crippen molar-refractivity contribution in [3.8, 4) is 0 Å². The van der Waals surface area contributed by atoms with Crippen LogP contribution in [-0.4, -0.2) is 19.7 Å². The summed E-state index contributed by atoms with van der Waals surface area (Å²) >= 11 is 2.85. The van der Waals surface area contributed by atoms with Crippen LogP contribution < -0.4 is 5.56 Å². The lowest BCUT2D eigenvalue weighted by Crippen LogP contribution is -2.19. The monoisotopic (exact) mass is 336 g/mol. The van der Waals surface area contributed by atoms with Gasteiger partial charge in [-0.15, -0.1) is 11.3 Å². The lowest BCUT2D eigenvalue weighted by molar-refractivity contribution is 0.373. The molecule has 3 rings (SSSR count). The van der Waals surface area contributed by atoms with Crippen molar-refractivity contribution >= 4 is 33.3 Å². The first kappa shape index (κ1) is 15.2. The summed E-state index contributed by atoms with van der Waals surface area (Å²) in [6.07, 6.45) is 0. The minimum atomic E-state index is -0.0748. The number of rotatable bonds is 4. The smallest absolute Gasteiger partial charge is 0.271 e. The third-order valence-electron chi connectivity index (χ3n) is 3.25. The molecule has 0 N–H and O–H groups in total. The molecule has 22 heavy (non-hydrogen) atoms. The van der Waals surface area contributed by atoms with Crippen molar-refractivity contribution < 1.29 is 4.52 Å². The molecule has 3 aromatic rings. The second kappa shape index (κ2) is 5.85. The van der Waals surface area contributed by atoms with Gasteiger partial charge in [0.05, 0.1) is 10.8 Å². The fraction of sp³-hybridized carbons (Fsp3) is 0.429. The summed E-state index contributed by atoms with van der Waals surface area (Å²) in [6, 6.07) is 1.86. The summed E-state index contributed by atoms with van der Waals surface area (Å²) in [5.74, 6) is 1.46. The van der Waals surface area contributed by atoms with Gasteiger partial charge in [0.25, 0.3) is 5.56 Å². The molecule has 0 fully saturated rings. The largest absolute Gasteiger partial charge is 0.338 e. The maximum Gasteiger partial charge on any atom is 0.271 e. The van der Waals surface area contributed by atoms with Gasteiger partial charge < -0.3 is 4.52 Å². The molecule has 1 unspecified atom stereocenters. The highest BCUT2D eigenvalue weighted by molar-refractivity contribution is 7.99. The third-order valence-corrected chi connectivity index (χ3v) is 5.27. The van der Waals surface area contributed by atoms with Crippen molar-refractivity contribution in [2.45, 2.75) is 37.1 Å². The van der Waals surface area contributed by atoms with E-state index in [0.717, 1.165) is 5.52 Å². The number of hydrogen-bond donors (Lipinski definition) is 0. The molecule has 0 saturated heterocycles. The van der Waals surface area contributed by atoms with E-state index < -0.39 is 0 Å². The van der Waals surface area contributed by atoms with Crippen LogP contribution >= 0.6 is 23.1 Å². The van der Waals surface area contributed by atoms with Crippen LogP contribution in [-0.2, 0) is 7.05 Å². The third kappa shape index (κ3) is 2.68. The van der Waals surface area contributed by atoms with E-state index >= 15 is 0 Å². The van der Waals surface area contributed by atoms with Gasteiger partial charge in [0.1, 0.15) is 4.70 Å². The first-order valence-electron chi connectivity index (χ1n) is 6.91. The predicted octanol–water partition coefficient (Wildman–Crippen LogP) is 3.35. The molecule has 116 valence electrons. The zero-order valence-corrected chi connectivity index (χ0v) is 14.4. The molecule has 0 amide bonds. The average Bonchev–Trinajstić information content (AvgIpc) is 3.13. The van der Waals surface area contributed by atoms with Crippen LogP contribution in [0.15, 0.2) is 25.9 Å². The standard InChI is InChI=1S/C14H16N4O2S2/c1-7(2)11-16-12(20-17-11)8(3)22-14-15-9-5-6-21-10(9)13(19)18(14)4/h5-8H,1-4H3. The van der Waals surface area contributed by atoms with Gasteiger partial charge in [-0.25, -0.2) is 4.98 Å². The highest BCUT2D eigenvalue weighted by Gasteiger charge is 2.20. The van der Waals surface area contributed by atoms with E-state index in [0.29, 0.717) is 21.6 Å². The summed E-state index contributed by atoms with van der Waals surface area (Å²) < 4.78 is 7.56. The first-order chi connectivity index (χ1) is 10.5. The zero-order valence-electron chi connectivity index (χ0n) is 12.7. The van der Waals surface area contributed by atoms with Gasteiger partial charge in [-0.05, 0) is 18.4 Å². The van der Waals surface area contributed by atoms with Crippen molar-refractivity contribution in [2.75, 3.05) is 0 Å². The Bertz CT molecular complexity index is 865. The van der Waals surface area contributed by atoms with Crippen molar-refractivity contribution in [3.63, 3.8) is 0 Å². The number of aromatic nitrogens is 4. The lowest BCUT2D eigenvalue weighted by Gasteiger charge is -2.09. The van der Waals surface area contributed by atoms with Gasteiger partial charge in [0, 0.05) is 13.0 Å². The number of thioether (sulfide) groups is 1. The lowest BCUT2D eigenvalue weighted by atomic mass is 10.2. The number of nitrogens with zero attached hydrogens (tertiary/aromatic N) is 4. The Morgan fingerprint density at radius 3 is 2.77 bits per heavy atom. The Balaban J connectivity index is 1.91. The first-order valence-corrected chi connectivity index (χ1v) is 8.67. The summed E-state index contributed by atoms with van der Waals surface area (Å²) in [4.78, 5) is 21.2. The molecule has 0 aliphatic heterocycles. The summed E-state index contributed by atoms with van der Waals surface area (Å²) in [5.41, 5.74) is 0.708. The van der Waals surface area contributed by atoms with Gasteiger partial charge >= 0.3 is 0 Å². The Kier molecular flexibility index (Phi) is 4.05. The molecule has 0 radical (unpaired) electrons. The van der Waals surface area contributed by atoms with Gasteiger partial charge in [-0.1, -0.05) is 30.8 Å². The molecule has 0 aliphatic carbocycles. The molecule has 6 nitrogen and oxygen atoms in total. The van der Waals surface area contributed by atoms with E-state index in [2.05, 4.69) is 15.1 Å². The number of thiophene rings is 1. The molecular formula is C14H16N4O2S2.